The van der Waals surface area contributed by atoms with Gasteiger partial charge in [-0.05, 0) is 48.4 Å². The molecule has 0 aliphatic rings. The number of aliphatic hydroxyl groups is 1. The van der Waals surface area contributed by atoms with Crippen molar-refractivity contribution in [1.82, 2.24) is 20.1 Å². The second kappa shape index (κ2) is 13.9. The molecule has 2 aromatic carbocycles. The van der Waals surface area contributed by atoms with Crippen LogP contribution < -0.4 is 20.5 Å². The molecule has 10 nitrogen and oxygen atoms in total. The van der Waals surface area contributed by atoms with E-state index < -0.39 is 11.9 Å². The number of hydrogen-bond donors (Lipinski definition) is 3. The van der Waals surface area contributed by atoms with Crippen molar-refractivity contribution in [3.63, 3.8) is 0 Å². The molecule has 2 aromatic heterocycles. The maximum absolute atomic E-state index is 12.6. The highest BCUT2D eigenvalue weighted by molar-refractivity contribution is 5.86. The minimum atomic E-state index is -0.800. The Kier molecular flexibility index (Phi) is 9.84. The fourth-order valence-electron chi connectivity index (χ4n) is 4.29. The Morgan fingerprint density at radius 3 is 2.50 bits per heavy atom. The molecule has 4 aromatic rings. The number of carbonyl (C=O) groups excluding carboxylic acids is 2. The summed E-state index contributed by atoms with van der Waals surface area (Å²) in [5.41, 5.74) is 9.35. The van der Waals surface area contributed by atoms with E-state index in [0.29, 0.717) is 36.6 Å². The number of nitrogens with one attached hydrogen (secondary N) is 1. The number of nitrogens with two attached hydrogens (primary N) is 1. The highest BCUT2D eigenvalue weighted by atomic mass is 16.5. The van der Waals surface area contributed by atoms with E-state index in [2.05, 4.69) is 10.3 Å². The number of ether oxygens (including phenoxy) is 2. The van der Waals surface area contributed by atoms with E-state index >= 15 is 0 Å². The molecule has 0 saturated carbocycles. The van der Waals surface area contributed by atoms with Gasteiger partial charge in [0, 0.05) is 49.4 Å². The van der Waals surface area contributed by atoms with Crippen LogP contribution in [-0.4, -0.2) is 58.1 Å². The quantitative estimate of drug-likeness (QED) is 0.208. The summed E-state index contributed by atoms with van der Waals surface area (Å²) in [7, 11) is 1.60. The van der Waals surface area contributed by atoms with Gasteiger partial charge < -0.3 is 25.6 Å². The minimum Gasteiger partial charge on any atom is -0.497 e. The van der Waals surface area contributed by atoms with E-state index in [1.807, 2.05) is 66.7 Å². The van der Waals surface area contributed by atoms with Crippen LogP contribution >= 0.6 is 0 Å². The van der Waals surface area contributed by atoms with Crippen LogP contribution in [0.15, 0.2) is 79.1 Å². The lowest BCUT2D eigenvalue weighted by Crippen LogP contribution is -2.45. The van der Waals surface area contributed by atoms with Crippen molar-refractivity contribution in [2.24, 2.45) is 5.73 Å². The van der Waals surface area contributed by atoms with E-state index in [0.717, 1.165) is 22.4 Å². The number of pyridine rings is 1. The zero-order chi connectivity index (χ0) is 28.3. The Hall–Kier alpha value is -4.70. The molecule has 40 heavy (non-hydrogen) atoms. The lowest BCUT2D eigenvalue weighted by molar-refractivity contribution is -0.127. The summed E-state index contributed by atoms with van der Waals surface area (Å²) in [5, 5.41) is 17.4. The lowest BCUT2D eigenvalue weighted by Gasteiger charge is -2.16. The van der Waals surface area contributed by atoms with Crippen LogP contribution in [0.25, 0.3) is 16.9 Å². The Morgan fingerprint density at radius 1 is 1.07 bits per heavy atom. The Balaban J connectivity index is 1.48. The second-order valence-corrected chi connectivity index (χ2v) is 9.12. The SMILES string of the molecule is COc1ccc(-n2nc(-c3cccnc3)c(CCO)c2OCCCC(=O)N[C@@H](Cc2ccccc2)C(N)=O)cc1. The van der Waals surface area contributed by atoms with Crippen LogP contribution in [0, 0.1) is 0 Å². The molecule has 10 heteroatoms. The Labute approximate surface area is 232 Å². The average Bonchev–Trinajstić information content (AvgIpc) is 3.34. The number of methoxy groups -OCH3 is 1. The van der Waals surface area contributed by atoms with Crippen LogP contribution in [0.2, 0.25) is 0 Å². The summed E-state index contributed by atoms with van der Waals surface area (Å²) in [6.45, 7) is 0.107. The maximum atomic E-state index is 12.6. The van der Waals surface area contributed by atoms with Crippen molar-refractivity contribution in [2.75, 3.05) is 20.3 Å². The fourth-order valence-corrected chi connectivity index (χ4v) is 4.29. The predicted molar refractivity (Wildman–Crippen MR) is 150 cm³/mol. The van der Waals surface area contributed by atoms with Crippen LogP contribution in [0.4, 0.5) is 0 Å². The monoisotopic (exact) mass is 543 g/mol. The summed E-state index contributed by atoms with van der Waals surface area (Å²) < 4.78 is 13.2. The third-order valence-corrected chi connectivity index (χ3v) is 6.30. The van der Waals surface area contributed by atoms with Gasteiger partial charge in [0.05, 0.1) is 19.4 Å². The van der Waals surface area contributed by atoms with Crippen molar-refractivity contribution < 1.29 is 24.2 Å². The van der Waals surface area contributed by atoms with Crippen LogP contribution in [0.1, 0.15) is 24.0 Å². The van der Waals surface area contributed by atoms with E-state index in [9.17, 15) is 14.7 Å². The third kappa shape index (κ3) is 7.23. The van der Waals surface area contributed by atoms with Crippen molar-refractivity contribution >= 4 is 11.8 Å². The van der Waals surface area contributed by atoms with Crippen LogP contribution in [0.5, 0.6) is 11.6 Å². The van der Waals surface area contributed by atoms with Gasteiger partial charge >= 0.3 is 0 Å². The summed E-state index contributed by atoms with van der Waals surface area (Å²) in [6, 6.07) is 19.7. The number of amides is 2. The molecule has 4 rings (SSSR count). The van der Waals surface area contributed by atoms with Crippen molar-refractivity contribution in [3.05, 3.63) is 90.3 Å². The van der Waals surface area contributed by atoms with Gasteiger partial charge in [-0.15, -0.1) is 0 Å². The number of benzene rings is 2. The van der Waals surface area contributed by atoms with Gasteiger partial charge in [0.1, 0.15) is 17.5 Å². The first-order valence-corrected chi connectivity index (χ1v) is 13.0. The van der Waals surface area contributed by atoms with Gasteiger partial charge in [-0.3, -0.25) is 14.6 Å². The zero-order valence-electron chi connectivity index (χ0n) is 22.3. The summed E-state index contributed by atoms with van der Waals surface area (Å²) in [5.74, 6) is 0.290. The van der Waals surface area contributed by atoms with Crippen LogP contribution in [0.3, 0.4) is 0 Å². The Bertz CT molecular complexity index is 1390. The molecule has 0 bridgehead atoms. The van der Waals surface area contributed by atoms with Gasteiger partial charge in [-0.2, -0.15) is 5.10 Å². The molecule has 0 saturated heterocycles. The number of primary amides is 1. The third-order valence-electron chi connectivity index (χ3n) is 6.30. The first-order chi connectivity index (χ1) is 19.5. The summed E-state index contributed by atoms with van der Waals surface area (Å²) >= 11 is 0. The fraction of sp³-hybridized carbons (Fsp3) is 0.267. The number of nitrogens with zero attached hydrogens (tertiary/aromatic N) is 3. The van der Waals surface area contributed by atoms with E-state index in [4.69, 9.17) is 20.3 Å². The molecular formula is C30H33N5O5. The molecule has 0 aliphatic heterocycles. The highest BCUT2D eigenvalue weighted by Crippen LogP contribution is 2.33. The molecule has 208 valence electrons. The predicted octanol–water partition coefficient (Wildman–Crippen LogP) is 2.85. The van der Waals surface area contributed by atoms with E-state index in [1.54, 1.807) is 24.2 Å². The largest absolute Gasteiger partial charge is 0.497 e. The number of hydrogen-bond acceptors (Lipinski definition) is 7. The van der Waals surface area contributed by atoms with Crippen LogP contribution in [-0.2, 0) is 22.4 Å². The van der Waals surface area contributed by atoms with Gasteiger partial charge in [-0.1, -0.05) is 30.3 Å². The zero-order valence-corrected chi connectivity index (χ0v) is 22.3. The first-order valence-electron chi connectivity index (χ1n) is 13.0. The molecule has 0 radical (unpaired) electrons. The number of rotatable bonds is 14. The maximum Gasteiger partial charge on any atom is 0.240 e. The van der Waals surface area contributed by atoms with Gasteiger partial charge in [0.15, 0.2) is 0 Å². The molecule has 1 atom stereocenters. The molecule has 0 aliphatic carbocycles. The van der Waals surface area contributed by atoms with Gasteiger partial charge in [-0.25, -0.2) is 4.68 Å². The standard InChI is InChI=1S/C30H33N5O5/c1-39-24-13-11-23(12-14-24)35-30(25(15-17-36)28(34-35)22-9-5-16-32-20-22)40-18-6-10-27(37)33-26(29(31)38)19-21-7-3-2-4-8-21/h2-5,7-9,11-14,16,20,26,36H,6,10,15,17-19H2,1H3,(H2,31,38)(H,33,37)/t26-/m0/s1. The molecule has 0 fully saturated rings. The summed E-state index contributed by atoms with van der Waals surface area (Å²) in [6.07, 6.45) is 4.55. The number of aromatic nitrogens is 3. The van der Waals surface area contributed by atoms with Gasteiger partial charge in [0.25, 0.3) is 0 Å². The molecule has 0 unspecified atom stereocenters. The lowest BCUT2D eigenvalue weighted by atomic mass is 10.1. The van der Waals surface area contributed by atoms with Crippen molar-refractivity contribution in [2.45, 2.75) is 31.7 Å². The van der Waals surface area contributed by atoms with Crippen molar-refractivity contribution in [1.29, 1.82) is 0 Å². The Morgan fingerprint density at radius 2 is 1.85 bits per heavy atom. The van der Waals surface area contributed by atoms with Crippen molar-refractivity contribution in [3.8, 4) is 28.6 Å². The normalized spacial score (nSPS) is 11.6. The molecule has 0 spiro atoms. The molecule has 2 heterocycles. The minimum absolute atomic E-state index is 0.101. The number of aliphatic hydroxyl groups excluding tert-OH is 1. The molecular weight excluding hydrogens is 510 g/mol. The average molecular weight is 544 g/mol. The van der Waals surface area contributed by atoms with E-state index in [1.165, 1.54) is 0 Å². The topological polar surface area (TPSA) is 142 Å². The number of carbonyl (C=O) groups is 2. The highest BCUT2D eigenvalue weighted by Gasteiger charge is 2.22. The summed E-state index contributed by atoms with van der Waals surface area (Å²) in [4.78, 5) is 28.8. The van der Waals surface area contributed by atoms with E-state index in [-0.39, 0.29) is 25.5 Å². The molecule has 4 N–H and O–H groups in total. The second-order valence-electron chi connectivity index (χ2n) is 9.12. The molecule has 2 amide bonds. The first kappa shape index (κ1) is 28.3. The van der Waals surface area contributed by atoms with Gasteiger partial charge in [0.2, 0.25) is 17.7 Å². The smallest absolute Gasteiger partial charge is 0.240 e.